The fourth-order valence-corrected chi connectivity index (χ4v) is 3.95. The van der Waals surface area contributed by atoms with Crippen LogP contribution in [-0.2, 0) is 15.0 Å². The first-order chi connectivity index (χ1) is 15.1. The van der Waals surface area contributed by atoms with E-state index in [4.69, 9.17) is 0 Å². The monoisotopic (exact) mass is 412 g/mol. The molecule has 2 saturated carbocycles. The lowest BCUT2D eigenvalue weighted by atomic mass is 9.87. The summed E-state index contributed by atoms with van der Waals surface area (Å²) in [6.45, 7) is 4.30. The van der Waals surface area contributed by atoms with E-state index in [1.54, 1.807) is 6.08 Å². The summed E-state index contributed by atoms with van der Waals surface area (Å²) >= 11 is 0. The second-order valence-corrected chi connectivity index (χ2v) is 8.58. The molecule has 0 heterocycles. The van der Waals surface area contributed by atoms with Crippen LogP contribution in [0.4, 0.5) is 0 Å². The van der Waals surface area contributed by atoms with Gasteiger partial charge in [-0.2, -0.15) is 0 Å². The first-order valence-corrected chi connectivity index (χ1v) is 10.9. The van der Waals surface area contributed by atoms with Crippen molar-refractivity contribution < 1.29 is 9.59 Å². The van der Waals surface area contributed by atoms with Crippen LogP contribution in [0.15, 0.2) is 66.8 Å². The van der Waals surface area contributed by atoms with Gasteiger partial charge in [0.05, 0.1) is 6.42 Å². The standard InChI is InChI=1S/C27H28N2O2/c1-2-6-20(19-28-25(30)9-5-10-26(31)29-24-13-14-24)18-27(15-16-27)23-12-11-21-7-3-4-8-22(21)17-23/h2-4,6-8,11-12,17,24H,1,9,13-16,18-19H2,(H,28,30)(H,29,31)/b20-6+. The predicted molar refractivity (Wildman–Crippen MR) is 124 cm³/mol. The van der Waals surface area contributed by atoms with E-state index in [-0.39, 0.29) is 29.7 Å². The van der Waals surface area contributed by atoms with E-state index < -0.39 is 0 Å². The second kappa shape index (κ2) is 9.22. The van der Waals surface area contributed by atoms with Crippen LogP contribution in [0, 0.1) is 11.8 Å². The van der Waals surface area contributed by atoms with Gasteiger partial charge in [0, 0.05) is 12.6 Å². The third-order valence-corrected chi connectivity index (χ3v) is 6.01. The van der Waals surface area contributed by atoms with Gasteiger partial charge >= 0.3 is 0 Å². The fraction of sp³-hybridized carbons (Fsp3) is 0.333. The maximum atomic E-state index is 12.2. The second-order valence-electron chi connectivity index (χ2n) is 8.58. The Morgan fingerprint density at radius 2 is 1.90 bits per heavy atom. The van der Waals surface area contributed by atoms with Crippen LogP contribution in [0.25, 0.3) is 10.8 Å². The quantitative estimate of drug-likeness (QED) is 0.505. The Balaban J connectivity index is 1.33. The Labute approximate surface area is 183 Å². The lowest BCUT2D eigenvalue weighted by Crippen LogP contribution is -2.26. The molecule has 2 aromatic rings. The first kappa shape index (κ1) is 20.9. The van der Waals surface area contributed by atoms with Crippen molar-refractivity contribution in [2.75, 3.05) is 6.54 Å². The maximum Gasteiger partial charge on any atom is 0.296 e. The normalized spacial score (nSPS) is 16.7. The van der Waals surface area contributed by atoms with Gasteiger partial charge in [-0.05, 0) is 59.8 Å². The molecule has 0 radical (unpaired) electrons. The van der Waals surface area contributed by atoms with Crippen LogP contribution in [0.1, 0.15) is 44.1 Å². The van der Waals surface area contributed by atoms with E-state index in [1.807, 2.05) is 6.08 Å². The van der Waals surface area contributed by atoms with Crippen molar-refractivity contribution in [3.63, 3.8) is 0 Å². The number of carbonyl (C=O) groups excluding carboxylic acids is 2. The van der Waals surface area contributed by atoms with Crippen LogP contribution < -0.4 is 10.6 Å². The minimum absolute atomic E-state index is 0.0231. The van der Waals surface area contributed by atoms with Crippen molar-refractivity contribution in [3.8, 4) is 11.8 Å². The highest BCUT2D eigenvalue weighted by Gasteiger charge is 2.44. The number of hydrogen-bond acceptors (Lipinski definition) is 2. The predicted octanol–water partition coefficient (Wildman–Crippen LogP) is 4.16. The molecule has 158 valence electrons. The highest BCUT2D eigenvalue weighted by atomic mass is 16.2. The number of allylic oxidation sites excluding steroid dienone is 2. The molecule has 4 nitrogen and oxygen atoms in total. The zero-order chi connectivity index (χ0) is 21.7. The summed E-state index contributed by atoms with van der Waals surface area (Å²) in [6.07, 6.45) is 9.03. The number of benzene rings is 2. The molecule has 2 aromatic carbocycles. The van der Waals surface area contributed by atoms with E-state index >= 15 is 0 Å². The number of hydrogen-bond donors (Lipinski definition) is 2. The van der Waals surface area contributed by atoms with E-state index in [0.717, 1.165) is 37.7 Å². The summed E-state index contributed by atoms with van der Waals surface area (Å²) < 4.78 is 0. The molecule has 2 amide bonds. The first-order valence-electron chi connectivity index (χ1n) is 10.9. The molecule has 0 spiro atoms. The molecule has 0 bridgehead atoms. The third-order valence-electron chi connectivity index (χ3n) is 6.01. The molecule has 0 aliphatic heterocycles. The Hall–Kier alpha value is -3.32. The van der Waals surface area contributed by atoms with Gasteiger partial charge in [-0.25, -0.2) is 0 Å². The fourth-order valence-electron chi connectivity index (χ4n) is 3.95. The number of amides is 2. The smallest absolute Gasteiger partial charge is 0.296 e. The zero-order valence-corrected chi connectivity index (χ0v) is 17.7. The zero-order valence-electron chi connectivity index (χ0n) is 17.7. The summed E-state index contributed by atoms with van der Waals surface area (Å²) in [5.41, 5.74) is 2.65. The van der Waals surface area contributed by atoms with Crippen LogP contribution in [0.2, 0.25) is 0 Å². The third kappa shape index (κ3) is 5.64. The molecule has 0 saturated heterocycles. The molecular weight excluding hydrogens is 384 g/mol. The Morgan fingerprint density at radius 1 is 1.13 bits per heavy atom. The van der Waals surface area contributed by atoms with Crippen molar-refractivity contribution in [1.82, 2.24) is 10.6 Å². The van der Waals surface area contributed by atoms with Crippen LogP contribution >= 0.6 is 0 Å². The SMILES string of the molecule is C=C/C=C(/CNC(=O)CC#CC(=O)NC1CC1)CC1(c2ccc3ccccc3c2)CC1. The number of fused-ring (bicyclic) bond motifs is 1. The molecule has 4 heteroatoms. The summed E-state index contributed by atoms with van der Waals surface area (Å²) in [7, 11) is 0. The summed E-state index contributed by atoms with van der Waals surface area (Å²) in [5, 5.41) is 8.24. The molecular formula is C27H28N2O2. The van der Waals surface area contributed by atoms with Crippen molar-refractivity contribution in [2.24, 2.45) is 0 Å². The van der Waals surface area contributed by atoms with Gasteiger partial charge in [0.15, 0.2) is 0 Å². The van der Waals surface area contributed by atoms with Gasteiger partial charge in [-0.1, -0.05) is 72.7 Å². The molecule has 0 aromatic heterocycles. The van der Waals surface area contributed by atoms with Crippen LogP contribution in [0.5, 0.6) is 0 Å². The topological polar surface area (TPSA) is 58.2 Å². The van der Waals surface area contributed by atoms with E-state index in [2.05, 4.69) is 71.5 Å². The number of rotatable bonds is 8. The summed E-state index contributed by atoms with van der Waals surface area (Å²) in [5.74, 6) is 4.69. The largest absolute Gasteiger partial charge is 0.352 e. The maximum absolute atomic E-state index is 12.2. The lowest BCUT2D eigenvalue weighted by Gasteiger charge is -2.19. The molecule has 2 fully saturated rings. The van der Waals surface area contributed by atoms with Gasteiger partial charge in [0.2, 0.25) is 5.91 Å². The van der Waals surface area contributed by atoms with Gasteiger partial charge in [0.25, 0.3) is 5.91 Å². The summed E-state index contributed by atoms with van der Waals surface area (Å²) in [6, 6.07) is 15.4. The van der Waals surface area contributed by atoms with Crippen molar-refractivity contribution in [2.45, 2.75) is 50.0 Å². The molecule has 31 heavy (non-hydrogen) atoms. The molecule has 2 aliphatic rings. The van der Waals surface area contributed by atoms with Crippen LogP contribution in [0.3, 0.4) is 0 Å². The van der Waals surface area contributed by atoms with E-state index in [1.165, 1.54) is 16.3 Å². The van der Waals surface area contributed by atoms with Gasteiger partial charge < -0.3 is 10.6 Å². The molecule has 4 rings (SSSR count). The van der Waals surface area contributed by atoms with Gasteiger partial charge in [0.1, 0.15) is 0 Å². The Bertz CT molecular complexity index is 1090. The average molecular weight is 413 g/mol. The molecule has 0 atom stereocenters. The van der Waals surface area contributed by atoms with Crippen LogP contribution in [-0.4, -0.2) is 24.4 Å². The minimum Gasteiger partial charge on any atom is -0.352 e. The average Bonchev–Trinajstić information content (AvgIpc) is 3.69. The highest BCUT2D eigenvalue weighted by Crippen LogP contribution is 2.53. The molecule has 2 N–H and O–H groups in total. The Morgan fingerprint density at radius 3 is 2.61 bits per heavy atom. The Kier molecular flexibility index (Phi) is 6.23. The van der Waals surface area contributed by atoms with E-state index in [9.17, 15) is 9.59 Å². The van der Waals surface area contributed by atoms with Crippen molar-refractivity contribution >= 4 is 22.6 Å². The molecule has 2 aliphatic carbocycles. The van der Waals surface area contributed by atoms with Gasteiger partial charge in [-0.15, -0.1) is 0 Å². The number of carbonyl (C=O) groups is 2. The number of nitrogens with one attached hydrogen (secondary N) is 2. The lowest BCUT2D eigenvalue weighted by molar-refractivity contribution is -0.119. The van der Waals surface area contributed by atoms with E-state index in [0.29, 0.717) is 6.54 Å². The minimum atomic E-state index is -0.298. The van der Waals surface area contributed by atoms with Crippen molar-refractivity contribution in [1.29, 1.82) is 0 Å². The van der Waals surface area contributed by atoms with Crippen molar-refractivity contribution in [3.05, 3.63) is 72.3 Å². The highest BCUT2D eigenvalue weighted by molar-refractivity contribution is 5.94. The summed E-state index contributed by atoms with van der Waals surface area (Å²) in [4.78, 5) is 23.7. The van der Waals surface area contributed by atoms with Gasteiger partial charge in [-0.3, -0.25) is 9.59 Å². The molecule has 0 unspecified atom stereocenters.